The molecule has 0 saturated heterocycles. The van der Waals surface area contributed by atoms with Crippen LogP contribution in [0.2, 0.25) is 0 Å². The molecule has 16 heavy (non-hydrogen) atoms. The number of imidazole rings is 1. The molecule has 0 spiro atoms. The summed E-state index contributed by atoms with van der Waals surface area (Å²) in [6.45, 7) is 4.34. The predicted octanol–water partition coefficient (Wildman–Crippen LogP) is 0.175. The fraction of sp³-hybridized carbons (Fsp3) is 0.400. The normalized spacial score (nSPS) is 10.7. The number of rotatable bonds is 3. The largest absolute Gasteiger partial charge is 0.330 e. The van der Waals surface area contributed by atoms with E-state index >= 15 is 0 Å². The van der Waals surface area contributed by atoms with Gasteiger partial charge >= 0.3 is 0 Å². The summed E-state index contributed by atoms with van der Waals surface area (Å²) in [4.78, 5) is 8.58. The van der Waals surface area contributed by atoms with Gasteiger partial charge in [-0.1, -0.05) is 0 Å². The molecule has 6 heteroatoms. The molecule has 0 amide bonds. The first-order chi connectivity index (χ1) is 7.72. The summed E-state index contributed by atoms with van der Waals surface area (Å²) in [5, 5.41) is 8.09. The number of hydrogen-bond donors (Lipinski definition) is 1. The van der Waals surface area contributed by atoms with Gasteiger partial charge in [0.25, 0.3) is 5.95 Å². The number of aryl methyl sites for hydroxylation is 2. The SMILES string of the molecule is Cc1nnc(-n2ccnc2CCN)nc1C. The van der Waals surface area contributed by atoms with Gasteiger partial charge in [-0.05, 0) is 20.4 Å². The van der Waals surface area contributed by atoms with E-state index in [1.807, 2.05) is 24.6 Å². The van der Waals surface area contributed by atoms with Crippen molar-refractivity contribution in [2.75, 3.05) is 6.54 Å². The Kier molecular flexibility index (Phi) is 2.91. The lowest BCUT2D eigenvalue weighted by molar-refractivity contribution is 0.762. The molecule has 2 heterocycles. The van der Waals surface area contributed by atoms with Crippen molar-refractivity contribution >= 4 is 0 Å². The van der Waals surface area contributed by atoms with E-state index in [0.29, 0.717) is 18.9 Å². The Morgan fingerprint density at radius 1 is 1.25 bits per heavy atom. The van der Waals surface area contributed by atoms with E-state index < -0.39 is 0 Å². The smallest absolute Gasteiger partial charge is 0.255 e. The highest BCUT2D eigenvalue weighted by Gasteiger charge is 2.08. The summed E-state index contributed by atoms with van der Waals surface area (Å²) in [5.41, 5.74) is 7.22. The molecule has 0 aliphatic rings. The van der Waals surface area contributed by atoms with E-state index in [-0.39, 0.29) is 0 Å². The summed E-state index contributed by atoms with van der Waals surface area (Å²) in [6, 6.07) is 0. The predicted molar refractivity (Wildman–Crippen MR) is 59.2 cm³/mol. The highest BCUT2D eigenvalue weighted by atomic mass is 15.3. The Labute approximate surface area is 93.6 Å². The van der Waals surface area contributed by atoms with E-state index in [1.54, 1.807) is 6.20 Å². The van der Waals surface area contributed by atoms with E-state index in [2.05, 4.69) is 20.2 Å². The minimum absolute atomic E-state index is 0.545. The summed E-state index contributed by atoms with van der Waals surface area (Å²) >= 11 is 0. The fourth-order valence-corrected chi connectivity index (χ4v) is 1.38. The standard InChI is InChI=1S/C10H14N6/c1-7-8(2)14-15-10(13-7)16-6-5-12-9(16)3-4-11/h5-6H,3-4,11H2,1-2H3. The van der Waals surface area contributed by atoms with Crippen LogP contribution >= 0.6 is 0 Å². The molecule has 0 aliphatic carbocycles. The highest BCUT2D eigenvalue weighted by Crippen LogP contribution is 2.06. The van der Waals surface area contributed by atoms with Crippen LogP contribution in [0.25, 0.3) is 5.95 Å². The van der Waals surface area contributed by atoms with Crippen molar-refractivity contribution in [3.05, 3.63) is 29.6 Å². The Hall–Kier alpha value is -1.82. The van der Waals surface area contributed by atoms with Crippen LogP contribution in [0, 0.1) is 13.8 Å². The number of nitrogens with two attached hydrogens (primary N) is 1. The molecule has 0 unspecified atom stereocenters. The van der Waals surface area contributed by atoms with Gasteiger partial charge in [-0.15, -0.1) is 5.10 Å². The van der Waals surface area contributed by atoms with Gasteiger partial charge in [-0.25, -0.2) is 9.97 Å². The van der Waals surface area contributed by atoms with Gasteiger partial charge < -0.3 is 5.73 Å². The maximum atomic E-state index is 5.51. The van der Waals surface area contributed by atoms with Crippen molar-refractivity contribution in [1.82, 2.24) is 24.7 Å². The molecule has 0 bridgehead atoms. The molecule has 2 aromatic heterocycles. The van der Waals surface area contributed by atoms with Crippen molar-refractivity contribution in [2.24, 2.45) is 5.73 Å². The molecule has 0 saturated carbocycles. The Morgan fingerprint density at radius 3 is 2.75 bits per heavy atom. The van der Waals surface area contributed by atoms with Gasteiger partial charge in [0.2, 0.25) is 0 Å². The molecular weight excluding hydrogens is 204 g/mol. The molecule has 2 N–H and O–H groups in total. The Balaban J connectivity index is 2.42. The summed E-state index contributed by atoms with van der Waals surface area (Å²) in [6.07, 6.45) is 4.23. The summed E-state index contributed by atoms with van der Waals surface area (Å²) < 4.78 is 1.81. The molecule has 0 fully saturated rings. The summed E-state index contributed by atoms with van der Waals surface area (Å²) in [5.74, 6) is 1.40. The van der Waals surface area contributed by atoms with Gasteiger partial charge in [0.05, 0.1) is 11.4 Å². The Morgan fingerprint density at radius 2 is 2.06 bits per heavy atom. The van der Waals surface area contributed by atoms with Crippen LogP contribution in [-0.2, 0) is 6.42 Å². The second-order valence-electron chi connectivity index (χ2n) is 3.53. The third kappa shape index (κ3) is 1.92. The lowest BCUT2D eigenvalue weighted by Crippen LogP contribution is -2.12. The van der Waals surface area contributed by atoms with Crippen molar-refractivity contribution in [1.29, 1.82) is 0 Å². The zero-order valence-corrected chi connectivity index (χ0v) is 9.38. The monoisotopic (exact) mass is 218 g/mol. The van der Waals surface area contributed by atoms with Gasteiger partial charge in [0, 0.05) is 18.8 Å². The average Bonchev–Trinajstić information content (AvgIpc) is 2.71. The lowest BCUT2D eigenvalue weighted by Gasteiger charge is -2.05. The van der Waals surface area contributed by atoms with Crippen LogP contribution in [-0.4, -0.2) is 31.3 Å². The van der Waals surface area contributed by atoms with Crippen molar-refractivity contribution < 1.29 is 0 Å². The average molecular weight is 218 g/mol. The molecule has 84 valence electrons. The highest BCUT2D eigenvalue weighted by molar-refractivity contribution is 5.17. The van der Waals surface area contributed by atoms with Gasteiger partial charge in [-0.2, -0.15) is 5.10 Å². The van der Waals surface area contributed by atoms with Crippen LogP contribution in [0.15, 0.2) is 12.4 Å². The van der Waals surface area contributed by atoms with Gasteiger partial charge in [-0.3, -0.25) is 4.57 Å². The minimum atomic E-state index is 0.545. The summed E-state index contributed by atoms with van der Waals surface area (Å²) in [7, 11) is 0. The topological polar surface area (TPSA) is 82.5 Å². The number of nitrogens with zero attached hydrogens (tertiary/aromatic N) is 5. The maximum absolute atomic E-state index is 5.51. The van der Waals surface area contributed by atoms with E-state index in [9.17, 15) is 0 Å². The molecule has 0 radical (unpaired) electrons. The molecular formula is C10H14N6. The van der Waals surface area contributed by atoms with Crippen LogP contribution < -0.4 is 5.73 Å². The second kappa shape index (κ2) is 4.36. The second-order valence-corrected chi connectivity index (χ2v) is 3.53. The van der Waals surface area contributed by atoms with Crippen LogP contribution in [0.5, 0.6) is 0 Å². The van der Waals surface area contributed by atoms with E-state index in [4.69, 9.17) is 5.73 Å². The van der Waals surface area contributed by atoms with E-state index in [1.165, 1.54) is 0 Å². The molecule has 2 aromatic rings. The number of hydrogen-bond acceptors (Lipinski definition) is 5. The van der Waals surface area contributed by atoms with Gasteiger partial charge in [0.1, 0.15) is 5.82 Å². The minimum Gasteiger partial charge on any atom is -0.330 e. The first-order valence-corrected chi connectivity index (χ1v) is 5.13. The molecule has 6 nitrogen and oxygen atoms in total. The fourth-order valence-electron chi connectivity index (χ4n) is 1.38. The molecule has 0 aromatic carbocycles. The van der Waals surface area contributed by atoms with Crippen molar-refractivity contribution in [3.63, 3.8) is 0 Å². The van der Waals surface area contributed by atoms with Crippen LogP contribution in [0.4, 0.5) is 0 Å². The van der Waals surface area contributed by atoms with E-state index in [0.717, 1.165) is 17.2 Å². The van der Waals surface area contributed by atoms with Crippen molar-refractivity contribution in [3.8, 4) is 5.95 Å². The van der Waals surface area contributed by atoms with Gasteiger partial charge in [0.15, 0.2) is 0 Å². The lowest BCUT2D eigenvalue weighted by atomic mass is 10.4. The molecule has 2 rings (SSSR count). The first-order valence-electron chi connectivity index (χ1n) is 5.13. The zero-order chi connectivity index (χ0) is 11.5. The Bertz CT molecular complexity index is 490. The maximum Gasteiger partial charge on any atom is 0.255 e. The van der Waals surface area contributed by atoms with Crippen molar-refractivity contribution in [2.45, 2.75) is 20.3 Å². The molecule has 0 atom stereocenters. The quantitative estimate of drug-likeness (QED) is 0.794. The van der Waals surface area contributed by atoms with Crippen LogP contribution in [0.1, 0.15) is 17.2 Å². The molecule has 0 aliphatic heterocycles. The first kappa shape index (κ1) is 10.7. The third-order valence-electron chi connectivity index (χ3n) is 2.38. The third-order valence-corrected chi connectivity index (χ3v) is 2.38. The zero-order valence-electron chi connectivity index (χ0n) is 9.38. The van der Waals surface area contributed by atoms with Crippen LogP contribution in [0.3, 0.4) is 0 Å². The number of aromatic nitrogens is 5.